The number of pyridine rings is 1. The maximum Gasteiger partial charge on any atom is 0.321 e. The average Bonchev–Trinajstić information content (AvgIpc) is 3.05. The fourth-order valence-electron chi connectivity index (χ4n) is 4.20. The topological polar surface area (TPSA) is 54.5 Å². The molecule has 2 amide bonds. The van der Waals surface area contributed by atoms with Crippen LogP contribution in [0.15, 0.2) is 18.3 Å². The summed E-state index contributed by atoms with van der Waals surface area (Å²) in [6.45, 7) is 2.78. The van der Waals surface area contributed by atoms with Gasteiger partial charge in [-0.05, 0) is 38.3 Å². The predicted octanol–water partition coefficient (Wildman–Crippen LogP) is 3.94. The van der Waals surface area contributed by atoms with E-state index in [2.05, 4.69) is 10.3 Å². The van der Waals surface area contributed by atoms with Gasteiger partial charge in [-0.2, -0.15) is 0 Å². The lowest BCUT2D eigenvalue weighted by molar-refractivity contribution is -0.150. The molecule has 1 heterocycles. The molecule has 23 heavy (non-hydrogen) atoms. The summed E-state index contributed by atoms with van der Waals surface area (Å²) in [5.74, 6) is 0. The zero-order chi connectivity index (χ0) is 16.4. The van der Waals surface area contributed by atoms with Crippen molar-refractivity contribution in [3.63, 3.8) is 0 Å². The Balaban J connectivity index is 1.66. The van der Waals surface area contributed by atoms with E-state index in [4.69, 9.17) is 16.3 Å². The predicted molar refractivity (Wildman–Crippen MR) is 90.7 cm³/mol. The Morgan fingerprint density at radius 2 is 2.22 bits per heavy atom. The number of halogens is 1. The van der Waals surface area contributed by atoms with Crippen LogP contribution in [0.1, 0.15) is 39.0 Å². The van der Waals surface area contributed by atoms with Crippen molar-refractivity contribution < 1.29 is 9.53 Å². The molecule has 6 heteroatoms. The van der Waals surface area contributed by atoms with Crippen LogP contribution in [0.25, 0.3) is 0 Å². The van der Waals surface area contributed by atoms with Crippen molar-refractivity contribution in [3.8, 4) is 0 Å². The SMILES string of the molecule is CCO[C@@H]1C[C@@H](N(C)C(=O)Nc2ccc(Cl)nc2)C12CCCC2. The maximum atomic E-state index is 12.5. The second-order valence-electron chi connectivity index (χ2n) is 6.55. The number of aromatic nitrogens is 1. The van der Waals surface area contributed by atoms with Crippen molar-refractivity contribution in [1.29, 1.82) is 0 Å². The van der Waals surface area contributed by atoms with Crippen molar-refractivity contribution in [3.05, 3.63) is 23.5 Å². The molecule has 1 spiro atoms. The normalized spacial score (nSPS) is 25.2. The Hall–Kier alpha value is -1.33. The fourth-order valence-corrected chi connectivity index (χ4v) is 4.31. The quantitative estimate of drug-likeness (QED) is 0.847. The van der Waals surface area contributed by atoms with Crippen molar-refractivity contribution in [1.82, 2.24) is 9.88 Å². The Kier molecular flexibility index (Phi) is 4.78. The lowest BCUT2D eigenvalue weighted by atomic mass is 9.60. The van der Waals surface area contributed by atoms with E-state index in [0.29, 0.717) is 16.9 Å². The number of carbonyl (C=O) groups excluding carboxylic acids is 1. The van der Waals surface area contributed by atoms with Gasteiger partial charge in [0.25, 0.3) is 0 Å². The number of nitrogens with one attached hydrogen (secondary N) is 1. The number of nitrogens with zero attached hydrogens (tertiary/aromatic N) is 2. The highest BCUT2D eigenvalue weighted by Gasteiger charge is 2.58. The van der Waals surface area contributed by atoms with Gasteiger partial charge in [0.1, 0.15) is 5.15 Å². The van der Waals surface area contributed by atoms with E-state index in [0.717, 1.165) is 25.9 Å². The van der Waals surface area contributed by atoms with Crippen LogP contribution in [0.4, 0.5) is 10.5 Å². The zero-order valence-corrected chi connectivity index (χ0v) is 14.5. The first-order valence-electron chi connectivity index (χ1n) is 8.34. The van der Waals surface area contributed by atoms with Gasteiger partial charge < -0.3 is 15.0 Å². The van der Waals surface area contributed by atoms with Gasteiger partial charge in [0.2, 0.25) is 0 Å². The number of urea groups is 1. The summed E-state index contributed by atoms with van der Waals surface area (Å²) in [4.78, 5) is 18.4. The molecule has 1 N–H and O–H groups in total. The van der Waals surface area contributed by atoms with E-state index in [1.807, 2.05) is 18.9 Å². The Labute approximate surface area is 142 Å². The van der Waals surface area contributed by atoms with Gasteiger partial charge in [-0.1, -0.05) is 24.4 Å². The van der Waals surface area contributed by atoms with Gasteiger partial charge in [0.15, 0.2) is 0 Å². The minimum Gasteiger partial charge on any atom is -0.378 e. The highest BCUT2D eigenvalue weighted by molar-refractivity contribution is 6.29. The standard InChI is InChI=1S/C17H24ClN3O2/c1-3-23-14-10-13(17(14)8-4-5-9-17)21(2)16(22)20-12-6-7-15(18)19-11-12/h6-7,11,13-14H,3-5,8-10H2,1-2H3,(H,20,22)/t13-,14-/m1/s1. The van der Waals surface area contributed by atoms with Crippen LogP contribution in [0.2, 0.25) is 5.15 Å². The molecule has 0 aromatic carbocycles. The molecule has 0 aliphatic heterocycles. The molecule has 5 nitrogen and oxygen atoms in total. The molecule has 126 valence electrons. The summed E-state index contributed by atoms with van der Waals surface area (Å²) in [6.07, 6.45) is 7.57. The van der Waals surface area contributed by atoms with Crippen LogP contribution in [0, 0.1) is 5.41 Å². The number of amides is 2. The third-order valence-electron chi connectivity index (χ3n) is 5.41. The second kappa shape index (κ2) is 6.65. The Morgan fingerprint density at radius 1 is 1.48 bits per heavy atom. The minimum absolute atomic E-state index is 0.0969. The number of hydrogen-bond donors (Lipinski definition) is 1. The first-order valence-corrected chi connectivity index (χ1v) is 8.71. The monoisotopic (exact) mass is 337 g/mol. The molecule has 0 bridgehead atoms. The van der Waals surface area contributed by atoms with E-state index in [1.54, 1.807) is 18.3 Å². The molecular formula is C17H24ClN3O2. The molecule has 0 saturated heterocycles. The lowest BCUT2D eigenvalue weighted by Crippen LogP contribution is -2.64. The van der Waals surface area contributed by atoms with Crippen molar-refractivity contribution in [2.45, 2.75) is 51.2 Å². The molecule has 1 aromatic rings. The molecule has 2 aliphatic carbocycles. The van der Waals surface area contributed by atoms with Crippen LogP contribution < -0.4 is 5.32 Å². The van der Waals surface area contributed by atoms with Crippen molar-refractivity contribution >= 4 is 23.3 Å². The van der Waals surface area contributed by atoms with Crippen LogP contribution >= 0.6 is 11.6 Å². The lowest BCUT2D eigenvalue weighted by Gasteiger charge is -2.56. The summed E-state index contributed by atoms with van der Waals surface area (Å²) in [7, 11) is 1.88. The third kappa shape index (κ3) is 3.04. The van der Waals surface area contributed by atoms with E-state index in [-0.39, 0.29) is 17.5 Å². The second-order valence-corrected chi connectivity index (χ2v) is 6.93. The Bertz CT molecular complexity index is 557. The van der Waals surface area contributed by atoms with E-state index >= 15 is 0 Å². The summed E-state index contributed by atoms with van der Waals surface area (Å²) in [5.41, 5.74) is 0.813. The van der Waals surface area contributed by atoms with Gasteiger partial charge in [-0.25, -0.2) is 9.78 Å². The number of anilines is 1. The molecule has 0 radical (unpaired) electrons. The molecule has 2 aliphatic rings. The van der Waals surface area contributed by atoms with Crippen LogP contribution in [-0.4, -0.2) is 41.7 Å². The Morgan fingerprint density at radius 3 is 2.83 bits per heavy atom. The summed E-state index contributed by atoms with van der Waals surface area (Å²) < 4.78 is 5.92. The molecule has 2 atom stereocenters. The van der Waals surface area contributed by atoms with E-state index in [9.17, 15) is 4.79 Å². The third-order valence-corrected chi connectivity index (χ3v) is 5.63. The first kappa shape index (κ1) is 16.5. The smallest absolute Gasteiger partial charge is 0.321 e. The van der Waals surface area contributed by atoms with E-state index in [1.165, 1.54) is 12.8 Å². The largest absolute Gasteiger partial charge is 0.378 e. The highest BCUT2D eigenvalue weighted by Crippen LogP contribution is 2.56. The number of ether oxygens (including phenoxy) is 1. The maximum absolute atomic E-state index is 12.5. The minimum atomic E-state index is -0.0969. The molecule has 3 rings (SSSR count). The number of hydrogen-bond acceptors (Lipinski definition) is 3. The average molecular weight is 338 g/mol. The fraction of sp³-hybridized carbons (Fsp3) is 0.647. The zero-order valence-electron chi connectivity index (χ0n) is 13.7. The summed E-state index contributed by atoms with van der Waals surface area (Å²) in [6, 6.07) is 3.59. The number of rotatable bonds is 4. The van der Waals surface area contributed by atoms with Crippen molar-refractivity contribution in [2.75, 3.05) is 19.0 Å². The van der Waals surface area contributed by atoms with Gasteiger partial charge in [0.05, 0.1) is 18.0 Å². The van der Waals surface area contributed by atoms with Crippen LogP contribution in [0.5, 0.6) is 0 Å². The summed E-state index contributed by atoms with van der Waals surface area (Å²) in [5, 5.41) is 3.31. The first-order chi connectivity index (χ1) is 11.1. The van der Waals surface area contributed by atoms with Gasteiger partial charge in [0, 0.05) is 25.1 Å². The molecular weight excluding hydrogens is 314 g/mol. The van der Waals surface area contributed by atoms with Crippen LogP contribution in [0.3, 0.4) is 0 Å². The number of carbonyl (C=O) groups is 1. The highest BCUT2D eigenvalue weighted by atomic mass is 35.5. The van der Waals surface area contributed by atoms with E-state index < -0.39 is 0 Å². The molecule has 1 aromatic heterocycles. The molecule has 2 fully saturated rings. The molecule has 0 unspecified atom stereocenters. The van der Waals surface area contributed by atoms with Crippen LogP contribution in [-0.2, 0) is 4.74 Å². The van der Waals surface area contributed by atoms with Gasteiger partial charge in [-0.15, -0.1) is 0 Å². The van der Waals surface area contributed by atoms with Gasteiger partial charge >= 0.3 is 6.03 Å². The summed E-state index contributed by atoms with van der Waals surface area (Å²) >= 11 is 5.77. The van der Waals surface area contributed by atoms with Crippen molar-refractivity contribution in [2.24, 2.45) is 5.41 Å². The van der Waals surface area contributed by atoms with Gasteiger partial charge in [-0.3, -0.25) is 0 Å². The molecule has 2 saturated carbocycles.